The molecule has 0 radical (unpaired) electrons. The molecule has 2 aromatic carbocycles. The predicted molar refractivity (Wildman–Crippen MR) is 117 cm³/mol. The first-order valence-electron chi connectivity index (χ1n) is 9.89. The summed E-state index contributed by atoms with van der Waals surface area (Å²) in [6.07, 6.45) is 1.22. The molecule has 1 unspecified atom stereocenters. The number of hydrogen-bond acceptors (Lipinski definition) is 5. The van der Waals surface area contributed by atoms with E-state index in [0.717, 1.165) is 40.2 Å². The molecule has 1 heterocycles. The van der Waals surface area contributed by atoms with Crippen LogP contribution in [0.15, 0.2) is 36.4 Å². The van der Waals surface area contributed by atoms with E-state index in [2.05, 4.69) is 60.9 Å². The second-order valence-corrected chi connectivity index (χ2v) is 8.51. The van der Waals surface area contributed by atoms with Gasteiger partial charge in [-0.15, -0.1) is 0 Å². The van der Waals surface area contributed by atoms with Crippen LogP contribution in [0.2, 0.25) is 0 Å². The fourth-order valence-electron chi connectivity index (χ4n) is 3.66. The van der Waals surface area contributed by atoms with E-state index in [1.165, 1.54) is 12.1 Å². The second-order valence-electron chi connectivity index (χ2n) is 8.51. The zero-order valence-electron chi connectivity index (χ0n) is 17.4. The highest BCUT2D eigenvalue weighted by molar-refractivity contribution is 5.77. The zero-order chi connectivity index (χ0) is 20.3. The van der Waals surface area contributed by atoms with Gasteiger partial charge in [0.05, 0.1) is 45.7 Å². The van der Waals surface area contributed by atoms with E-state index in [0.29, 0.717) is 12.6 Å². The summed E-state index contributed by atoms with van der Waals surface area (Å²) in [4.78, 5) is 2.46. The number of anilines is 4. The second kappa shape index (κ2) is 8.29. The first-order chi connectivity index (χ1) is 13.3. The molecule has 1 aliphatic heterocycles. The van der Waals surface area contributed by atoms with Gasteiger partial charge in [0, 0.05) is 37.0 Å². The highest BCUT2D eigenvalue weighted by Crippen LogP contribution is 2.33. The van der Waals surface area contributed by atoms with Gasteiger partial charge in [0.1, 0.15) is 11.8 Å². The van der Waals surface area contributed by atoms with Crippen LogP contribution in [0.4, 0.5) is 22.7 Å². The predicted octanol–water partition coefficient (Wildman–Crippen LogP) is 3.13. The maximum atomic E-state index is 9.99. The molecule has 1 atom stereocenters. The number of benzene rings is 2. The van der Waals surface area contributed by atoms with Crippen LogP contribution < -0.4 is 15.5 Å². The van der Waals surface area contributed by atoms with Gasteiger partial charge in [-0.3, -0.25) is 0 Å². The largest absolute Gasteiger partial charge is 0.508 e. The van der Waals surface area contributed by atoms with Gasteiger partial charge in [-0.1, -0.05) is 0 Å². The highest BCUT2D eigenvalue weighted by Gasteiger charge is 2.32. The fourth-order valence-corrected chi connectivity index (χ4v) is 3.66. The van der Waals surface area contributed by atoms with Crippen LogP contribution in [0.25, 0.3) is 0 Å². The third-order valence-electron chi connectivity index (χ3n) is 5.53. The molecule has 1 saturated heterocycles. The quantitative estimate of drug-likeness (QED) is 0.436. The van der Waals surface area contributed by atoms with Gasteiger partial charge >= 0.3 is 0 Å². The van der Waals surface area contributed by atoms with Gasteiger partial charge < -0.3 is 30.2 Å². The fraction of sp³-hybridized carbons (Fsp3) is 0.455. The van der Waals surface area contributed by atoms with E-state index in [-0.39, 0.29) is 12.4 Å². The molecule has 0 bridgehead atoms. The number of aromatic hydroxyl groups is 1. The molecule has 4 N–H and O–H groups in total. The Balaban J connectivity index is 1.72. The van der Waals surface area contributed by atoms with Crippen LogP contribution >= 0.6 is 0 Å². The zero-order valence-corrected chi connectivity index (χ0v) is 17.4. The molecular formula is C22H33N4O2+. The molecular weight excluding hydrogens is 352 g/mol. The smallest absolute Gasteiger partial charge is 0.120 e. The maximum absolute atomic E-state index is 9.99. The Morgan fingerprint density at radius 3 is 2.43 bits per heavy atom. The van der Waals surface area contributed by atoms with Crippen molar-refractivity contribution in [3.8, 4) is 5.75 Å². The number of phenols is 1. The molecule has 2 aromatic rings. The van der Waals surface area contributed by atoms with Gasteiger partial charge in [-0.25, -0.2) is 0 Å². The Morgan fingerprint density at radius 1 is 1.11 bits per heavy atom. The number of aryl methyl sites for hydroxylation is 1. The number of rotatable bonds is 7. The lowest BCUT2D eigenvalue weighted by atomic mass is 10.1. The van der Waals surface area contributed by atoms with Crippen LogP contribution in [-0.2, 0) is 0 Å². The number of nitrogens with one attached hydrogen (secondary N) is 2. The van der Waals surface area contributed by atoms with Gasteiger partial charge in [-0.05, 0) is 42.8 Å². The van der Waals surface area contributed by atoms with Crippen molar-refractivity contribution in [3.05, 3.63) is 42.0 Å². The van der Waals surface area contributed by atoms with Gasteiger partial charge in [0.2, 0.25) is 0 Å². The maximum Gasteiger partial charge on any atom is 0.120 e. The molecule has 6 heteroatoms. The number of nitrogens with zero attached hydrogens (tertiary/aromatic N) is 2. The van der Waals surface area contributed by atoms with E-state index < -0.39 is 0 Å². The van der Waals surface area contributed by atoms with E-state index in [4.69, 9.17) is 5.11 Å². The molecule has 0 aromatic heterocycles. The van der Waals surface area contributed by atoms with Gasteiger partial charge in [-0.2, -0.15) is 0 Å². The summed E-state index contributed by atoms with van der Waals surface area (Å²) in [5, 5.41) is 25.6. The average Bonchev–Trinajstić information content (AvgIpc) is 3.14. The molecule has 0 amide bonds. The molecule has 1 fully saturated rings. The van der Waals surface area contributed by atoms with Gasteiger partial charge in [0.15, 0.2) is 0 Å². The summed E-state index contributed by atoms with van der Waals surface area (Å²) in [6, 6.07) is 12.8. The van der Waals surface area contributed by atoms with E-state index in [1.54, 1.807) is 6.07 Å². The van der Waals surface area contributed by atoms with Crippen molar-refractivity contribution >= 4 is 22.7 Å². The molecule has 0 saturated carbocycles. The number of aliphatic hydroxyl groups excluding tert-OH is 1. The van der Waals surface area contributed by atoms with Crippen molar-refractivity contribution in [1.82, 2.24) is 0 Å². The van der Waals surface area contributed by atoms with E-state index in [1.807, 2.05) is 13.0 Å². The van der Waals surface area contributed by atoms with Gasteiger partial charge in [0.25, 0.3) is 0 Å². The number of likely N-dealkylation sites (N-methyl/N-ethyl adjacent to an activating group) is 1. The summed E-state index contributed by atoms with van der Waals surface area (Å²) >= 11 is 0. The Kier molecular flexibility index (Phi) is 6.01. The molecule has 28 heavy (non-hydrogen) atoms. The first kappa shape index (κ1) is 20.3. The van der Waals surface area contributed by atoms with Crippen molar-refractivity contribution in [2.75, 3.05) is 62.9 Å². The molecule has 152 valence electrons. The minimum atomic E-state index is 0.0346. The van der Waals surface area contributed by atoms with Crippen molar-refractivity contribution in [2.24, 2.45) is 0 Å². The van der Waals surface area contributed by atoms with Crippen LogP contribution in [0.3, 0.4) is 0 Å². The van der Waals surface area contributed by atoms with E-state index in [9.17, 15) is 5.11 Å². The highest BCUT2D eigenvalue weighted by atomic mass is 16.3. The van der Waals surface area contributed by atoms with E-state index >= 15 is 0 Å². The van der Waals surface area contributed by atoms with Crippen molar-refractivity contribution < 1.29 is 14.7 Å². The van der Waals surface area contributed by atoms with Crippen LogP contribution in [0.1, 0.15) is 12.0 Å². The molecule has 0 spiro atoms. The Hall–Kier alpha value is -2.44. The Bertz CT molecular complexity index is 799. The lowest BCUT2D eigenvalue weighted by molar-refractivity contribution is -0.893. The monoisotopic (exact) mass is 385 g/mol. The number of hydrogen-bond donors (Lipinski definition) is 4. The average molecular weight is 386 g/mol. The summed E-state index contributed by atoms with van der Waals surface area (Å²) in [6.45, 7) is 4.52. The van der Waals surface area contributed by atoms with Crippen LogP contribution in [-0.4, -0.2) is 68.1 Å². The van der Waals surface area contributed by atoms with Crippen molar-refractivity contribution in [3.63, 3.8) is 0 Å². The van der Waals surface area contributed by atoms with Crippen LogP contribution in [0.5, 0.6) is 5.75 Å². The van der Waals surface area contributed by atoms with Crippen LogP contribution in [0, 0.1) is 6.92 Å². The Labute approximate surface area is 168 Å². The minimum Gasteiger partial charge on any atom is -0.508 e. The number of aliphatic hydroxyl groups is 1. The summed E-state index contributed by atoms with van der Waals surface area (Å²) in [5.41, 5.74) is 4.69. The summed E-state index contributed by atoms with van der Waals surface area (Å²) < 4.78 is 1.000. The normalized spacial score (nSPS) is 17.0. The molecule has 6 nitrogen and oxygen atoms in total. The topological polar surface area (TPSA) is 67.8 Å². The first-order valence-corrected chi connectivity index (χ1v) is 9.89. The lowest BCUT2D eigenvalue weighted by Crippen LogP contribution is -2.46. The number of quaternary nitrogens is 1. The number of phenolic OH excluding ortho intramolecular Hbond substituents is 1. The third kappa shape index (κ3) is 4.69. The molecule has 3 rings (SSSR count). The lowest BCUT2D eigenvalue weighted by Gasteiger charge is -2.31. The minimum absolute atomic E-state index is 0.0346. The van der Waals surface area contributed by atoms with Crippen molar-refractivity contribution in [1.29, 1.82) is 0 Å². The molecule has 1 aliphatic rings. The molecule has 0 aliphatic carbocycles. The standard InChI is InChI=1S/C22H32N4O2/c1-16-13-21(20(14-22(16)28)23-10-12-27)24-17-5-7-18(8-6-17)25-11-9-19(15-25)26(2,3)4/h5-8,13-14,19,23-24,27H,9-12,15H2,1-4H3/p+1. The summed E-state index contributed by atoms with van der Waals surface area (Å²) in [5.74, 6) is 0.238. The third-order valence-corrected chi connectivity index (χ3v) is 5.53. The van der Waals surface area contributed by atoms with Crippen molar-refractivity contribution in [2.45, 2.75) is 19.4 Å². The Morgan fingerprint density at radius 2 is 1.82 bits per heavy atom. The SMILES string of the molecule is Cc1cc(Nc2ccc(N3CCC([N+](C)(C)C)C3)cc2)c(NCCO)cc1O. The summed E-state index contributed by atoms with van der Waals surface area (Å²) in [7, 11) is 6.80.